The molecule has 0 heteroatoms. The zero-order valence-electron chi connectivity index (χ0n) is 50.5. The van der Waals surface area contributed by atoms with Crippen molar-refractivity contribution in [2.45, 2.75) is 313 Å². The summed E-state index contributed by atoms with van der Waals surface area (Å²) in [6.45, 7) is 53.2. The fourth-order valence-electron chi connectivity index (χ4n) is 9.47. The molecule has 0 amide bonds. The zero-order valence-corrected chi connectivity index (χ0v) is 50.5. The lowest BCUT2D eigenvalue weighted by molar-refractivity contribution is 0.190. The van der Waals surface area contributed by atoms with Gasteiger partial charge in [0.15, 0.2) is 0 Å². The molecule has 1 spiro atoms. The predicted molar refractivity (Wildman–Crippen MR) is 301 cm³/mol. The van der Waals surface area contributed by atoms with E-state index in [1.54, 1.807) is 19.3 Å². The first-order valence-electron chi connectivity index (χ1n) is 30.5. The largest absolute Gasteiger partial charge is 0.0651 e. The van der Waals surface area contributed by atoms with Crippen LogP contribution in [0.5, 0.6) is 0 Å². The second kappa shape index (κ2) is 27.2. The quantitative estimate of drug-likeness (QED) is 0.258. The van der Waals surface area contributed by atoms with Crippen molar-refractivity contribution in [3.63, 3.8) is 0 Å². The lowest BCUT2D eigenvalue weighted by Gasteiger charge is -2.33. The first-order valence-corrected chi connectivity index (χ1v) is 30.5. The maximum absolute atomic E-state index is 2.37. The summed E-state index contributed by atoms with van der Waals surface area (Å²) in [5.41, 5.74) is 4.68. The summed E-state index contributed by atoms with van der Waals surface area (Å²) >= 11 is 0. The Morgan fingerprint density at radius 3 is 0.652 bits per heavy atom. The lowest BCUT2D eigenvalue weighted by atomic mass is 9.72. The molecule has 12 aliphatic carbocycles. The Morgan fingerprint density at radius 2 is 0.652 bits per heavy atom. The van der Waals surface area contributed by atoms with Gasteiger partial charge in [-0.05, 0) is 193 Å². The van der Waals surface area contributed by atoms with Gasteiger partial charge in [0.05, 0.1) is 0 Å². The summed E-state index contributed by atoms with van der Waals surface area (Å²) in [7, 11) is 0. The van der Waals surface area contributed by atoms with E-state index in [0.717, 1.165) is 98.6 Å². The van der Waals surface area contributed by atoms with Crippen LogP contribution in [-0.4, -0.2) is 0 Å². The Labute approximate surface area is 420 Å². The van der Waals surface area contributed by atoms with Crippen LogP contribution in [0.15, 0.2) is 0 Å². The summed E-state index contributed by atoms with van der Waals surface area (Å²) < 4.78 is 0. The van der Waals surface area contributed by atoms with Crippen molar-refractivity contribution in [3.05, 3.63) is 0 Å². The zero-order chi connectivity index (χ0) is 50.5. The molecular formula is C66H130. The van der Waals surface area contributed by atoms with Gasteiger partial charge in [-0.3, -0.25) is 0 Å². The van der Waals surface area contributed by atoms with Crippen molar-refractivity contribution >= 4 is 0 Å². The highest BCUT2D eigenvalue weighted by molar-refractivity contribution is 5.10. The molecule has 0 aromatic heterocycles. The standard InChI is InChI=1S/C6H10.10C6H12/c1-5-4-6(5)2-3-6;2*1-5-4-6(5,2)3;1-6(2)4-3-5-6;1-5-3-4-6(5)2;1-4-5(2)6(4)3;2*1-3-6(2)4-5-6;2*1-3-6-4-5(6)2;1-2-6-4-3-5-6/h5H,2-4H2,1H3;2*5H,4H2,1-3H3;3-5H2,1-2H3;5-6H,3-4H2,1-2H3;4-6H,1-3H3;2*3-5H2,1-2H3;2*5-6H,3-4H2,1-2H3;6H,2-5H2,1H3/t2*5-;;;5-,6?;;;;5-,6?;;/m00..1...0../s1. The van der Waals surface area contributed by atoms with Crippen LogP contribution in [0, 0.1) is 109 Å². The summed E-state index contributed by atoms with van der Waals surface area (Å²) in [6.07, 6.45) is 35.2. The van der Waals surface area contributed by atoms with E-state index in [2.05, 4.69) is 159 Å². The van der Waals surface area contributed by atoms with Gasteiger partial charge in [0.2, 0.25) is 0 Å². The van der Waals surface area contributed by atoms with Crippen LogP contribution in [0.2, 0.25) is 0 Å². The first-order chi connectivity index (χ1) is 30.5. The van der Waals surface area contributed by atoms with Crippen molar-refractivity contribution in [2.75, 3.05) is 0 Å². The molecule has 12 saturated carbocycles. The van der Waals surface area contributed by atoms with Crippen molar-refractivity contribution in [3.8, 4) is 0 Å². The van der Waals surface area contributed by atoms with E-state index in [1.807, 2.05) is 0 Å². The van der Waals surface area contributed by atoms with Gasteiger partial charge >= 0.3 is 0 Å². The van der Waals surface area contributed by atoms with E-state index in [4.69, 9.17) is 0 Å². The van der Waals surface area contributed by atoms with Gasteiger partial charge in [-0.2, -0.15) is 0 Å². The van der Waals surface area contributed by atoms with Crippen LogP contribution in [0.1, 0.15) is 313 Å². The third-order valence-electron chi connectivity index (χ3n) is 21.9. The summed E-state index contributed by atoms with van der Waals surface area (Å²) in [6, 6.07) is 0. The number of hydrogen-bond acceptors (Lipinski definition) is 0. The highest BCUT2D eigenvalue weighted by Gasteiger charge is 2.59. The third-order valence-corrected chi connectivity index (χ3v) is 21.9. The smallest absolute Gasteiger partial charge is 0.0268 e. The highest BCUT2D eigenvalue weighted by atomic mass is 14.6. The van der Waals surface area contributed by atoms with Gasteiger partial charge in [-0.25, -0.2) is 0 Å². The molecule has 0 aliphatic heterocycles. The summed E-state index contributed by atoms with van der Waals surface area (Å²) in [5, 5.41) is 0. The molecule has 0 nitrogen and oxygen atoms in total. The Morgan fingerprint density at radius 1 is 0.364 bits per heavy atom. The van der Waals surface area contributed by atoms with Gasteiger partial charge in [0.1, 0.15) is 0 Å². The van der Waals surface area contributed by atoms with Crippen LogP contribution in [0.3, 0.4) is 0 Å². The molecule has 9 atom stereocenters. The normalized spacial score (nSPS) is 38.0. The molecule has 12 aliphatic rings. The second-order valence-electron chi connectivity index (χ2n) is 29.6. The third kappa shape index (κ3) is 25.9. The van der Waals surface area contributed by atoms with E-state index in [9.17, 15) is 0 Å². The minimum Gasteiger partial charge on any atom is -0.0651 e. The molecule has 394 valence electrons. The van der Waals surface area contributed by atoms with Crippen LogP contribution in [0.25, 0.3) is 0 Å². The molecule has 0 aromatic rings. The highest BCUT2D eigenvalue weighted by Crippen LogP contribution is 2.70. The Kier molecular flexibility index (Phi) is 25.6. The van der Waals surface area contributed by atoms with Crippen molar-refractivity contribution in [2.24, 2.45) is 109 Å². The summed E-state index contributed by atoms with van der Waals surface area (Å²) in [5.74, 6) is 13.7. The molecule has 66 heavy (non-hydrogen) atoms. The van der Waals surface area contributed by atoms with Crippen molar-refractivity contribution < 1.29 is 0 Å². The Hall–Kier alpha value is 0. The van der Waals surface area contributed by atoms with Gasteiger partial charge < -0.3 is 0 Å². The van der Waals surface area contributed by atoms with Crippen molar-refractivity contribution in [1.82, 2.24) is 0 Å². The van der Waals surface area contributed by atoms with Crippen molar-refractivity contribution in [1.29, 1.82) is 0 Å². The van der Waals surface area contributed by atoms with Crippen LogP contribution in [0.4, 0.5) is 0 Å². The fraction of sp³-hybridized carbons (Fsp3) is 1.00. The average Bonchev–Trinajstić information content (AvgIpc) is 4.06. The topological polar surface area (TPSA) is 0 Å². The minimum absolute atomic E-state index is 0.708. The molecule has 0 aromatic carbocycles. The maximum Gasteiger partial charge on any atom is -0.0268 e. The molecule has 5 unspecified atom stereocenters. The van der Waals surface area contributed by atoms with Gasteiger partial charge in [-0.15, -0.1) is 0 Å². The van der Waals surface area contributed by atoms with E-state index in [-0.39, 0.29) is 0 Å². The second-order valence-corrected chi connectivity index (χ2v) is 29.6. The Balaban J connectivity index is 0.000000249. The molecule has 0 bridgehead atoms. The minimum atomic E-state index is 0.708. The Bertz CT molecular complexity index is 1120. The number of rotatable bonds is 5. The molecule has 0 radical (unpaired) electrons. The predicted octanol–water partition coefficient (Wildman–Crippen LogP) is 22.8. The summed E-state index contributed by atoms with van der Waals surface area (Å²) in [4.78, 5) is 0. The van der Waals surface area contributed by atoms with Gasteiger partial charge in [0.25, 0.3) is 0 Å². The molecule has 12 fully saturated rings. The number of hydrogen-bond donors (Lipinski definition) is 0. The fourth-order valence-corrected chi connectivity index (χ4v) is 9.47. The van der Waals surface area contributed by atoms with E-state index >= 15 is 0 Å². The van der Waals surface area contributed by atoms with Crippen LogP contribution >= 0.6 is 0 Å². The molecular weight excluding hydrogens is 793 g/mol. The van der Waals surface area contributed by atoms with Crippen LogP contribution in [-0.2, 0) is 0 Å². The molecule has 12 rings (SSSR count). The van der Waals surface area contributed by atoms with E-state index in [1.165, 1.54) is 135 Å². The monoisotopic (exact) mass is 923 g/mol. The molecule has 0 saturated heterocycles. The maximum atomic E-state index is 2.37. The van der Waals surface area contributed by atoms with E-state index in [0.29, 0.717) is 10.8 Å². The molecule has 0 N–H and O–H groups in total. The van der Waals surface area contributed by atoms with Gasteiger partial charge in [-0.1, -0.05) is 230 Å². The van der Waals surface area contributed by atoms with E-state index < -0.39 is 0 Å². The average molecular weight is 924 g/mol. The first kappa shape index (κ1) is 62.1. The van der Waals surface area contributed by atoms with Gasteiger partial charge in [0, 0.05) is 0 Å². The SMILES string of the molecule is CC1(C)CCC1.CC1C(C)C1C.CC1CC1(C)C.CC1CC[C@H]1C.CCC1(C)CC1.CCC1(C)CC1.CCC1CC1C.CCC1CCC1.CCC1C[C@@H]1C.C[C@H]1CC1(C)C.C[C@H]1CC12CC2. The lowest BCUT2D eigenvalue weighted by Crippen LogP contribution is -2.20. The van der Waals surface area contributed by atoms with Crippen LogP contribution < -0.4 is 0 Å². The molecule has 0 heterocycles.